The Morgan fingerprint density at radius 3 is 2.43 bits per heavy atom. The van der Waals surface area contributed by atoms with E-state index in [4.69, 9.17) is 21.1 Å². The Morgan fingerprint density at radius 2 is 1.87 bits per heavy atom. The Labute approximate surface area is 141 Å². The largest absolute Gasteiger partial charge is 0.462 e. The molecule has 120 valence electrons. The van der Waals surface area contributed by atoms with E-state index in [-0.39, 0.29) is 11.4 Å². The highest BCUT2D eigenvalue weighted by atomic mass is 35.5. The monoisotopic (exact) mass is 330 g/mol. The van der Waals surface area contributed by atoms with Gasteiger partial charge in [-0.05, 0) is 67.1 Å². The van der Waals surface area contributed by atoms with Gasteiger partial charge in [-0.2, -0.15) is 0 Å². The van der Waals surface area contributed by atoms with E-state index >= 15 is 0 Å². The molecule has 0 spiro atoms. The molecule has 3 nitrogen and oxygen atoms in total. The molecule has 2 aromatic carbocycles. The maximum Gasteiger partial charge on any atom is 0.338 e. The number of benzene rings is 2. The maximum atomic E-state index is 11.6. The van der Waals surface area contributed by atoms with Crippen LogP contribution in [0.1, 0.15) is 42.6 Å². The van der Waals surface area contributed by atoms with E-state index < -0.39 is 0 Å². The summed E-state index contributed by atoms with van der Waals surface area (Å²) in [6.07, 6.45) is 2.41. The van der Waals surface area contributed by atoms with Crippen LogP contribution in [0.5, 0.6) is 11.5 Å². The number of hydrogen-bond acceptors (Lipinski definition) is 3. The van der Waals surface area contributed by atoms with Gasteiger partial charge >= 0.3 is 5.97 Å². The highest BCUT2D eigenvalue weighted by Gasteiger charge is 2.39. The molecule has 23 heavy (non-hydrogen) atoms. The van der Waals surface area contributed by atoms with Crippen molar-refractivity contribution >= 4 is 17.6 Å². The molecule has 0 atom stereocenters. The number of hydrogen-bond donors (Lipinski definition) is 0. The normalized spacial score (nSPS) is 15.1. The van der Waals surface area contributed by atoms with Gasteiger partial charge in [-0.3, -0.25) is 0 Å². The van der Waals surface area contributed by atoms with Crippen LogP contribution in [0, 0.1) is 0 Å². The van der Waals surface area contributed by atoms with Crippen LogP contribution in [0.3, 0.4) is 0 Å². The molecule has 1 saturated carbocycles. The van der Waals surface area contributed by atoms with Gasteiger partial charge in [0.1, 0.15) is 11.5 Å². The van der Waals surface area contributed by atoms with Crippen LogP contribution in [-0.2, 0) is 10.2 Å². The summed E-state index contributed by atoms with van der Waals surface area (Å²) in [6.45, 7) is 4.38. The molecule has 0 heterocycles. The van der Waals surface area contributed by atoms with Gasteiger partial charge in [-0.25, -0.2) is 4.79 Å². The van der Waals surface area contributed by atoms with Crippen LogP contribution in [0.2, 0.25) is 5.02 Å². The molecule has 1 aliphatic carbocycles. The topological polar surface area (TPSA) is 35.5 Å². The summed E-state index contributed by atoms with van der Waals surface area (Å²) < 4.78 is 10.8. The van der Waals surface area contributed by atoms with Crippen LogP contribution in [0.25, 0.3) is 0 Å². The first-order valence-corrected chi connectivity index (χ1v) is 8.15. The molecule has 0 amide bonds. The number of ether oxygens (including phenoxy) is 2. The van der Waals surface area contributed by atoms with Crippen molar-refractivity contribution in [2.45, 2.75) is 32.1 Å². The Hall–Kier alpha value is -2.00. The van der Waals surface area contributed by atoms with Crippen LogP contribution in [0.15, 0.2) is 42.5 Å². The third-order valence-electron chi connectivity index (χ3n) is 4.22. The quantitative estimate of drug-likeness (QED) is 0.692. The third kappa shape index (κ3) is 3.50. The molecule has 0 unspecified atom stereocenters. The first-order chi connectivity index (χ1) is 11.0. The van der Waals surface area contributed by atoms with Gasteiger partial charge in [0.25, 0.3) is 0 Å². The Bertz CT molecular complexity index is 718. The number of esters is 1. The predicted molar refractivity (Wildman–Crippen MR) is 90.5 cm³/mol. The number of halogens is 1. The van der Waals surface area contributed by atoms with Crippen molar-refractivity contribution in [3.63, 3.8) is 0 Å². The van der Waals surface area contributed by atoms with E-state index in [0.717, 1.165) is 0 Å². The highest BCUT2D eigenvalue weighted by molar-refractivity contribution is 6.32. The summed E-state index contributed by atoms with van der Waals surface area (Å²) in [5, 5.41) is 0.602. The first kappa shape index (κ1) is 15.9. The van der Waals surface area contributed by atoms with Crippen molar-refractivity contribution in [2.24, 2.45) is 0 Å². The zero-order valence-corrected chi connectivity index (χ0v) is 14.0. The fourth-order valence-corrected chi connectivity index (χ4v) is 2.65. The van der Waals surface area contributed by atoms with Crippen molar-refractivity contribution in [3.8, 4) is 11.5 Å². The minimum absolute atomic E-state index is 0.281. The minimum atomic E-state index is -0.334. The fraction of sp³-hybridized carbons (Fsp3) is 0.316. The predicted octanol–water partition coefficient (Wildman–Crippen LogP) is 5.36. The van der Waals surface area contributed by atoms with Crippen LogP contribution in [-0.4, -0.2) is 12.6 Å². The van der Waals surface area contributed by atoms with Crippen molar-refractivity contribution in [2.75, 3.05) is 6.61 Å². The molecule has 2 aromatic rings. The van der Waals surface area contributed by atoms with E-state index in [1.807, 2.05) is 12.1 Å². The number of rotatable bonds is 5. The molecule has 0 N–H and O–H groups in total. The second-order valence-corrected chi connectivity index (χ2v) is 6.46. The lowest BCUT2D eigenvalue weighted by Gasteiger charge is -2.13. The maximum absolute atomic E-state index is 11.6. The molecular formula is C19H19ClO3. The molecule has 0 radical (unpaired) electrons. The SMILES string of the molecule is CCOC(=O)c1ccc(Oc2ccc(C3(C)CC3)cc2Cl)cc1. The van der Waals surface area contributed by atoms with E-state index in [9.17, 15) is 4.79 Å². The summed E-state index contributed by atoms with van der Waals surface area (Å²) in [5.74, 6) is 0.910. The van der Waals surface area contributed by atoms with Gasteiger partial charge in [0.05, 0.1) is 17.2 Å². The van der Waals surface area contributed by atoms with Crippen LogP contribution in [0.4, 0.5) is 0 Å². The lowest BCUT2D eigenvalue weighted by Crippen LogP contribution is -2.04. The smallest absolute Gasteiger partial charge is 0.338 e. The van der Waals surface area contributed by atoms with Gasteiger partial charge < -0.3 is 9.47 Å². The lowest BCUT2D eigenvalue weighted by atomic mass is 9.98. The van der Waals surface area contributed by atoms with Gasteiger partial charge in [0, 0.05) is 0 Å². The summed E-state index contributed by atoms with van der Waals surface area (Å²) in [6, 6.07) is 12.8. The standard InChI is InChI=1S/C19H19ClO3/c1-3-22-18(21)13-4-7-15(8-5-13)23-17-9-6-14(12-16(17)20)19(2)10-11-19/h4-9,12H,3,10-11H2,1-2H3. The van der Waals surface area contributed by atoms with E-state index in [2.05, 4.69) is 13.0 Å². The highest BCUT2D eigenvalue weighted by Crippen LogP contribution is 2.49. The van der Waals surface area contributed by atoms with Gasteiger partial charge in [0.15, 0.2) is 0 Å². The second kappa shape index (κ2) is 6.25. The Morgan fingerprint density at radius 1 is 1.17 bits per heavy atom. The molecule has 0 bridgehead atoms. The Balaban J connectivity index is 1.73. The zero-order valence-electron chi connectivity index (χ0n) is 13.3. The van der Waals surface area contributed by atoms with Gasteiger partial charge in [-0.1, -0.05) is 24.6 Å². The van der Waals surface area contributed by atoms with E-state index in [1.165, 1.54) is 18.4 Å². The second-order valence-electron chi connectivity index (χ2n) is 6.05. The van der Waals surface area contributed by atoms with Crippen molar-refractivity contribution < 1.29 is 14.3 Å². The minimum Gasteiger partial charge on any atom is -0.462 e. The first-order valence-electron chi connectivity index (χ1n) is 7.77. The van der Waals surface area contributed by atoms with Crippen molar-refractivity contribution in [3.05, 3.63) is 58.6 Å². The molecule has 1 fully saturated rings. The van der Waals surface area contributed by atoms with Crippen LogP contribution < -0.4 is 4.74 Å². The van der Waals surface area contributed by atoms with E-state index in [1.54, 1.807) is 31.2 Å². The number of carbonyl (C=O) groups excluding carboxylic acids is 1. The molecule has 0 saturated heterocycles. The molecule has 0 aromatic heterocycles. The Kier molecular flexibility index (Phi) is 4.31. The molecule has 1 aliphatic rings. The lowest BCUT2D eigenvalue weighted by molar-refractivity contribution is 0.0526. The van der Waals surface area contributed by atoms with Crippen molar-refractivity contribution in [1.82, 2.24) is 0 Å². The summed E-state index contributed by atoms with van der Waals surface area (Å²) >= 11 is 6.34. The average molecular weight is 331 g/mol. The van der Waals surface area contributed by atoms with Gasteiger partial charge in [0.2, 0.25) is 0 Å². The average Bonchev–Trinajstić information content (AvgIpc) is 3.29. The van der Waals surface area contributed by atoms with Crippen molar-refractivity contribution in [1.29, 1.82) is 0 Å². The molecule has 0 aliphatic heterocycles. The molecule has 3 rings (SSSR count). The zero-order chi connectivity index (χ0) is 16.4. The summed E-state index contributed by atoms with van der Waals surface area (Å²) in [7, 11) is 0. The third-order valence-corrected chi connectivity index (χ3v) is 4.52. The molecular weight excluding hydrogens is 312 g/mol. The van der Waals surface area contributed by atoms with Crippen LogP contribution >= 0.6 is 11.6 Å². The van der Waals surface area contributed by atoms with Gasteiger partial charge in [-0.15, -0.1) is 0 Å². The fourth-order valence-electron chi connectivity index (χ4n) is 2.44. The number of carbonyl (C=O) groups is 1. The van der Waals surface area contributed by atoms with E-state index in [0.29, 0.717) is 28.7 Å². The summed E-state index contributed by atoms with van der Waals surface area (Å²) in [4.78, 5) is 11.6. The molecule has 4 heteroatoms. The summed E-state index contributed by atoms with van der Waals surface area (Å²) in [5.41, 5.74) is 2.04.